The zero-order chi connectivity index (χ0) is 23.3. The number of carboxylic acids is 1. The topological polar surface area (TPSA) is 126 Å². The van der Waals surface area contributed by atoms with E-state index in [-0.39, 0.29) is 12.2 Å². The zero-order valence-corrected chi connectivity index (χ0v) is 18.5. The van der Waals surface area contributed by atoms with E-state index in [9.17, 15) is 25.2 Å². The van der Waals surface area contributed by atoms with Crippen molar-refractivity contribution in [3.8, 4) is 5.75 Å². The van der Waals surface area contributed by atoms with Gasteiger partial charge in [0.15, 0.2) is 0 Å². The fourth-order valence-electron chi connectivity index (χ4n) is 2.93. The van der Waals surface area contributed by atoms with Crippen molar-refractivity contribution in [1.29, 1.82) is 0 Å². The first-order valence-electron chi connectivity index (χ1n) is 10.1. The van der Waals surface area contributed by atoms with Crippen LogP contribution in [0.4, 0.5) is 0 Å². The average molecular weight is 437 g/mol. The third-order valence-electron chi connectivity index (χ3n) is 5.05. The molecule has 8 heteroatoms. The number of carboxylic acid groups (broad SMARTS) is 1. The molecule has 1 fully saturated rings. The molecule has 1 heterocycles. The molecule has 0 unspecified atom stereocenters. The number of hydrogen-bond donors (Lipinski definition) is 4. The van der Waals surface area contributed by atoms with Gasteiger partial charge >= 0.3 is 5.97 Å². The number of aliphatic hydroxyl groups is 3. The number of ether oxygens (including phenoxy) is 3. The number of hydrogen-bond acceptors (Lipinski definition) is 7. The summed E-state index contributed by atoms with van der Waals surface area (Å²) in [5, 5.41) is 39.6. The molecule has 0 spiro atoms. The molecule has 1 aliphatic rings. The number of rotatable bonds is 8. The number of benzene rings is 1. The smallest absolute Gasteiger partial charge is 0.335 e. The summed E-state index contributed by atoms with van der Waals surface area (Å²) < 4.78 is 16.8. The van der Waals surface area contributed by atoms with Gasteiger partial charge in [-0.15, -0.1) is 0 Å². The Kier molecular flexibility index (Phi) is 8.39. The van der Waals surface area contributed by atoms with Gasteiger partial charge in [-0.25, -0.2) is 4.79 Å². The highest BCUT2D eigenvalue weighted by Crippen LogP contribution is 2.32. The zero-order valence-electron chi connectivity index (χ0n) is 18.5. The van der Waals surface area contributed by atoms with Crippen LogP contribution in [0, 0.1) is 0 Å². The van der Waals surface area contributed by atoms with E-state index in [0.29, 0.717) is 23.3 Å². The van der Waals surface area contributed by atoms with Crippen LogP contribution in [0.5, 0.6) is 5.75 Å². The second-order valence-corrected chi connectivity index (χ2v) is 8.35. The summed E-state index contributed by atoms with van der Waals surface area (Å²) in [6.07, 6.45) is 0.410. The molecule has 31 heavy (non-hydrogen) atoms. The van der Waals surface area contributed by atoms with Crippen molar-refractivity contribution in [2.75, 3.05) is 13.7 Å². The Morgan fingerprint density at radius 2 is 1.90 bits per heavy atom. The van der Waals surface area contributed by atoms with Crippen LogP contribution in [0.2, 0.25) is 0 Å². The first kappa shape index (κ1) is 25.0. The summed E-state index contributed by atoms with van der Waals surface area (Å²) >= 11 is 0. The lowest BCUT2D eigenvalue weighted by molar-refractivity contribution is -0.242. The van der Waals surface area contributed by atoms with E-state index >= 15 is 0 Å². The Labute approximate surface area is 182 Å². The maximum absolute atomic E-state index is 11.7. The molecule has 8 nitrogen and oxygen atoms in total. The second kappa shape index (κ2) is 10.4. The van der Waals surface area contributed by atoms with Crippen LogP contribution in [0.25, 0.3) is 6.08 Å². The van der Waals surface area contributed by atoms with Crippen LogP contribution in [0.3, 0.4) is 0 Å². The fourth-order valence-corrected chi connectivity index (χ4v) is 2.93. The van der Waals surface area contributed by atoms with Gasteiger partial charge in [-0.05, 0) is 51.8 Å². The standard InChI is InChI=1S/C23H32O8/c1-13(2)6-7-14-10-16(21(27)28)11-15(8-9-23(3,4)29-5)20(14)31-22-19(26)18(25)17(24)12-30-22/h6,8-11,17-19,22,24-26H,7,12H2,1-5H3,(H,27,28)/b9-8+/t17-,18-,19+,22-/m0/s1. The van der Waals surface area contributed by atoms with Gasteiger partial charge in [0.2, 0.25) is 6.29 Å². The summed E-state index contributed by atoms with van der Waals surface area (Å²) in [5.41, 5.74) is 1.54. The number of carbonyl (C=O) groups is 1. The van der Waals surface area contributed by atoms with E-state index in [1.807, 2.05) is 33.8 Å². The van der Waals surface area contributed by atoms with E-state index in [4.69, 9.17) is 14.2 Å². The highest BCUT2D eigenvalue weighted by molar-refractivity contribution is 5.89. The third kappa shape index (κ3) is 6.62. The number of aliphatic hydroxyl groups excluding tert-OH is 3. The van der Waals surface area contributed by atoms with E-state index in [2.05, 4.69) is 0 Å². The Morgan fingerprint density at radius 3 is 2.48 bits per heavy atom. The van der Waals surface area contributed by atoms with Gasteiger partial charge in [0, 0.05) is 12.7 Å². The molecule has 1 aromatic carbocycles. The predicted molar refractivity (Wildman–Crippen MR) is 115 cm³/mol. The normalized spacial score (nSPS) is 24.3. The Hall–Kier alpha value is -2.23. The molecule has 2 rings (SSSR count). The molecule has 1 aromatic rings. The largest absolute Gasteiger partial charge is 0.478 e. The van der Waals surface area contributed by atoms with Gasteiger partial charge in [0.25, 0.3) is 0 Å². The fraction of sp³-hybridized carbons (Fsp3) is 0.522. The molecule has 1 aliphatic heterocycles. The van der Waals surface area contributed by atoms with Crippen molar-refractivity contribution in [3.05, 3.63) is 46.5 Å². The van der Waals surface area contributed by atoms with Gasteiger partial charge < -0.3 is 34.6 Å². The second-order valence-electron chi connectivity index (χ2n) is 8.35. The summed E-state index contributed by atoms with van der Waals surface area (Å²) in [4.78, 5) is 11.7. The van der Waals surface area contributed by atoms with Crippen LogP contribution >= 0.6 is 0 Å². The number of aromatic carboxylic acids is 1. The molecule has 4 N–H and O–H groups in total. The van der Waals surface area contributed by atoms with Gasteiger partial charge in [-0.2, -0.15) is 0 Å². The quantitative estimate of drug-likeness (QED) is 0.457. The van der Waals surface area contributed by atoms with Crippen LogP contribution < -0.4 is 4.74 Å². The molecule has 0 amide bonds. The lowest BCUT2D eigenvalue weighted by Gasteiger charge is -2.35. The summed E-state index contributed by atoms with van der Waals surface area (Å²) in [6, 6.07) is 2.98. The van der Waals surface area contributed by atoms with Crippen LogP contribution in [0.15, 0.2) is 29.9 Å². The Balaban J connectivity index is 2.57. The molecule has 0 radical (unpaired) electrons. The minimum absolute atomic E-state index is 0.0833. The van der Waals surface area contributed by atoms with Crippen molar-refractivity contribution < 1.29 is 39.4 Å². The maximum atomic E-state index is 11.7. The first-order valence-corrected chi connectivity index (χ1v) is 10.1. The lowest BCUT2D eigenvalue weighted by Crippen LogP contribution is -2.54. The van der Waals surface area contributed by atoms with Gasteiger partial charge in [0.05, 0.1) is 17.8 Å². The van der Waals surface area contributed by atoms with Crippen molar-refractivity contribution in [2.24, 2.45) is 0 Å². The number of allylic oxidation sites excluding steroid dienone is 2. The predicted octanol–water partition coefficient (Wildman–Crippen LogP) is 2.15. The molecule has 0 saturated carbocycles. The number of methoxy groups -OCH3 is 1. The van der Waals surface area contributed by atoms with E-state index in [1.54, 1.807) is 19.3 Å². The van der Waals surface area contributed by atoms with Crippen molar-refractivity contribution in [2.45, 2.75) is 64.3 Å². The van der Waals surface area contributed by atoms with Crippen molar-refractivity contribution in [3.63, 3.8) is 0 Å². The first-order chi connectivity index (χ1) is 14.4. The molecular weight excluding hydrogens is 404 g/mol. The van der Waals surface area contributed by atoms with Crippen LogP contribution in [-0.4, -0.2) is 70.3 Å². The highest BCUT2D eigenvalue weighted by Gasteiger charge is 2.39. The SMILES string of the molecule is COC(C)(C)/C=C/c1cc(C(=O)O)cc(CC=C(C)C)c1O[C@@H]1OC[C@H](O)[C@H](O)[C@H]1O. The van der Waals surface area contributed by atoms with E-state index in [0.717, 1.165) is 5.57 Å². The maximum Gasteiger partial charge on any atom is 0.335 e. The van der Waals surface area contributed by atoms with Gasteiger partial charge in [-0.1, -0.05) is 23.8 Å². The molecule has 4 atom stereocenters. The molecule has 1 saturated heterocycles. The molecule has 0 aromatic heterocycles. The van der Waals surface area contributed by atoms with Crippen LogP contribution in [-0.2, 0) is 15.9 Å². The summed E-state index contributed by atoms with van der Waals surface area (Å²) in [7, 11) is 1.56. The summed E-state index contributed by atoms with van der Waals surface area (Å²) in [5.74, 6) is -0.767. The summed E-state index contributed by atoms with van der Waals surface area (Å²) in [6.45, 7) is 7.34. The molecule has 0 aliphatic carbocycles. The molecule has 0 bridgehead atoms. The van der Waals surface area contributed by atoms with E-state index < -0.39 is 36.2 Å². The van der Waals surface area contributed by atoms with Crippen LogP contribution in [0.1, 0.15) is 49.2 Å². The molecular formula is C23H32O8. The van der Waals surface area contributed by atoms with E-state index in [1.165, 1.54) is 12.1 Å². The average Bonchev–Trinajstić information content (AvgIpc) is 2.71. The van der Waals surface area contributed by atoms with Gasteiger partial charge in [0.1, 0.15) is 24.1 Å². The molecule has 172 valence electrons. The van der Waals surface area contributed by atoms with Crippen molar-refractivity contribution >= 4 is 12.0 Å². The minimum atomic E-state index is -1.48. The third-order valence-corrected chi connectivity index (χ3v) is 5.05. The van der Waals surface area contributed by atoms with Crippen molar-refractivity contribution in [1.82, 2.24) is 0 Å². The van der Waals surface area contributed by atoms with Gasteiger partial charge in [-0.3, -0.25) is 0 Å². The highest BCUT2D eigenvalue weighted by atomic mass is 16.7. The monoisotopic (exact) mass is 436 g/mol. The Bertz CT molecular complexity index is 838. The Morgan fingerprint density at radius 1 is 1.23 bits per heavy atom. The lowest BCUT2D eigenvalue weighted by atomic mass is 9.98. The minimum Gasteiger partial charge on any atom is -0.478 e.